The third kappa shape index (κ3) is 4.10. The van der Waals surface area contributed by atoms with Gasteiger partial charge in [0.2, 0.25) is 11.8 Å². The first-order valence-corrected chi connectivity index (χ1v) is 7.22. The Morgan fingerprint density at radius 3 is 2.00 bits per heavy atom. The van der Waals surface area contributed by atoms with Crippen molar-refractivity contribution < 1.29 is 28.2 Å². The van der Waals surface area contributed by atoms with Gasteiger partial charge in [0.15, 0.2) is 24.7 Å². The largest absolute Gasteiger partial charge is 0.480 e. The SMILES string of the molecule is Cc1nnc(COc2ccc(C(=O)O)cc2OCc2nnc(C)o2)o1. The Kier molecular flexibility index (Phi) is 4.59. The van der Waals surface area contributed by atoms with Crippen LogP contribution in [-0.2, 0) is 13.2 Å². The molecule has 0 spiro atoms. The zero-order valence-corrected chi connectivity index (χ0v) is 13.4. The summed E-state index contributed by atoms with van der Waals surface area (Å²) in [6.07, 6.45) is 0. The fourth-order valence-corrected chi connectivity index (χ4v) is 1.94. The molecule has 10 heteroatoms. The van der Waals surface area contributed by atoms with Crippen LogP contribution in [0, 0.1) is 13.8 Å². The van der Waals surface area contributed by atoms with Crippen LogP contribution in [0.1, 0.15) is 33.9 Å². The van der Waals surface area contributed by atoms with Gasteiger partial charge in [-0.15, -0.1) is 20.4 Å². The smallest absolute Gasteiger partial charge is 0.335 e. The molecule has 25 heavy (non-hydrogen) atoms. The minimum atomic E-state index is -1.09. The minimum Gasteiger partial charge on any atom is -0.480 e. The first-order chi connectivity index (χ1) is 12.0. The van der Waals surface area contributed by atoms with E-state index in [0.717, 1.165) is 0 Å². The number of carboxylic acid groups (broad SMARTS) is 1. The summed E-state index contributed by atoms with van der Waals surface area (Å²) in [6.45, 7) is 3.31. The Hall–Kier alpha value is -3.43. The number of aromatic carboxylic acids is 1. The molecule has 3 rings (SSSR count). The van der Waals surface area contributed by atoms with Crippen LogP contribution in [0.25, 0.3) is 0 Å². The Morgan fingerprint density at radius 1 is 0.960 bits per heavy atom. The molecule has 0 saturated carbocycles. The Balaban J connectivity index is 1.76. The van der Waals surface area contributed by atoms with E-state index in [-0.39, 0.29) is 30.4 Å². The van der Waals surface area contributed by atoms with Gasteiger partial charge in [0, 0.05) is 13.8 Å². The quantitative estimate of drug-likeness (QED) is 0.676. The number of ether oxygens (including phenoxy) is 2. The summed E-state index contributed by atoms with van der Waals surface area (Å²) in [7, 11) is 0. The highest BCUT2D eigenvalue weighted by atomic mass is 16.5. The fraction of sp³-hybridized carbons (Fsp3) is 0.267. The zero-order valence-electron chi connectivity index (χ0n) is 13.4. The molecular formula is C15H14N4O6. The second-order valence-corrected chi connectivity index (χ2v) is 4.97. The van der Waals surface area contributed by atoms with Crippen molar-refractivity contribution in [3.8, 4) is 11.5 Å². The van der Waals surface area contributed by atoms with Crippen LogP contribution in [0.5, 0.6) is 11.5 Å². The zero-order chi connectivity index (χ0) is 17.8. The average Bonchev–Trinajstić information content (AvgIpc) is 3.19. The molecule has 0 aliphatic rings. The van der Waals surface area contributed by atoms with Crippen LogP contribution in [0.3, 0.4) is 0 Å². The molecule has 0 atom stereocenters. The number of hydrogen-bond donors (Lipinski definition) is 1. The van der Waals surface area contributed by atoms with E-state index in [2.05, 4.69) is 20.4 Å². The van der Waals surface area contributed by atoms with Gasteiger partial charge in [-0.25, -0.2) is 4.79 Å². The lowest BCUT2D eigenvalue weighted by Crippen LogP contribution is -2.03. The molecule has 1 N–H and O–H groups in total. The summed E-state index contributed by atoms with van der Waals surface area (Å²) in [6, 6.07) is 4.24. The molecule has 0 fully saturated rings. The third-order valence-corrected chi connectivity index (χ3v) is 3.03. The van der Waals surface area contributed by atoms with E-state index < -0.39 is 5.97 Å². The van der Waals surface area contributed by atoms with Gasteiger partial charge in [-0.3, -0.25) is 0 Å². The predicted octanol–water partition coefficient (Wildman–Crippen LogP) is 1.93. The van der Waals surface area contributed by atoms with Crippen molar-refractivity contribution in [1.29, 1.82) is 0 Å². The molecule has 0 radical (unpaired) electrons. The first-order valence-electron chi connectivity index (χ1n) is 7.22. The molecule has 0 saturated heterocycles. The summed E-state index contributed by atoms with van der Waals surface area (Å²) in [4.78, 5) is 11.2. The molecule has 0 bridgehead atoms. The van der Waals surface area contributed by atoms with Crippen molar-refractivity contribution in [3.05, 3.63) is 47.3 Å². The normalized spacial score (nSPS) is 10.6. The Morgan fingerprint density at radius 2 is 1.52 bits per heavy atom. The van der Waals surface area contributed by atoms with Gasteiger partial charge < -0.3 is 23.4 Å². The number of aryl methyl sites for hydroxylation is 2. The van der Waals surface area contributed by atoms with Crippen LogP contribution >= 0.6 is 0 Å². The van der Waals surface area contributed by atoms with E-state index in [1.807, 2.05) is 0 Å². The van der Waals surface area contributed by atoms with Gasteiger partial charge in [0.1, 0.15) is 0 Å². The molecule has 10 nitrogen and oxygen atoms in total. The number of aromatic nitrogens is 4. The summed E-state index contributed by atoms with van der Waals surface area (Å²) in [5.74, 6) is 0.820. The van der Waals surface area contributed by atoms with Crippen molar-refractivity contribution >= 4 is 5.97 Å². The molecule has 1 aromatic carbocycles. The number of carbonyl (C=O) groups is 1. The van der Waals surface area contributed by atoms with E-state index in [1.165, 1.54) is 18.2 Å². The fourth-order valence-electron chi connectivity index (χ4n) is 1.94. The van der Waals surface area contributed by atoms with Crippen molar-refractivity contribution in [3.63, 3.8) is 0 Å². The van der Waals surface area contributed by atoms with Crippen LogP contribution in [-0.4, -0.2) is 31.5 Å². The maximum atomic E-state index is 11.2. The lowest BCUT2D eigenvalue weighted by atomic mass is 10.2. The van der Waals surface area contributed by atoms with Crippen LogP contribution in [0.2, 0.25) is 0 Å². The van der Waals surface area contributed by atoms with Gasteiger partial charge in [0.05, 0.1) is 5.56 Å². The minimum absolute atomic E-state index is 0.0171. The van der Waals surface area contributed by atoms with Crippen molar-refractivity contribution in [1.82, 2.24) is 20.4 Å². The molecule has 3 aromatic rings. The van der Waals surface area contributed by atoms with Crippen molar-refractivity contribution in [2.75, 3.05) is 0 Å². The van der Waals surface area contributed by atoms with E-state index >= 15 is 0 Å². The van der Waals surface area contributed by atoms with Gasteiger partial charge >= 0.3 is 5.97 Å². The summed E-state index contributed by atoms with van der Waals surface area (Å²) in [5, 5.41) is 24.2. The van der Waals surface area contributed by atoms with E-state index in [9.17, 15) is 4.79 Å². The maximum absolute atomic E-state index is 11.2. The van der Waals surface area contributed by atoms with Gasteiger partial charge in [-0.05, 0) is 18.2 Å². The lowest BCUT2D eigenvalue weighted by Gasteiger charge is -2.11. The predicted molar refractivity (Wildman–Crippen MR) is 80.1 cm³/mol. The Bertz CT molecular complexity index is 888. The molecule has 2 heterocycles. The highest BCUT2D eigenvalue weighted by molar-refractivity contribution is 5.88. The highest BCUT2D eigenvalue weighted by Crippen LogP contribution is 2.30. The average molecular weight is 346 g/mol. The summed E-state index contributed by atoms with van der Waals surface area (Å²) >= 11 is 0. The molecule has 0 unspecified atom stereocenters. The second kappa shape index (κ2) is 6.99. The Labute approximate surface area is 141 Å². The van der Waals surface area contributed by atoms with Crippen molar-refractivity contribution in [2.45, 2.75) is 27.1 Å². The van der Waals surface area contributed by atoms with Gasteiger partial charge in [-0.2, -0.15) is 0 Å². The molecular weight excluding hydrogens is 332 g/mol. The van der Waals surface area contributed by atoms with E-state index in [4.69, 9.17) is 23.4 Å². The number of benzene rings is 1. The van der Waals surface area contributed by atoms with Gasteiger partial charge in [-0.1, -0.05) is 0 Å². The van der Waals surface area contributed by atoms with E-state index in [0.29, 0.717) is 23.4 Å². The maximum Gasteiger partial charge on any atom is 0.335 e. The van der Waals surface area contributed by atoms with Crippen molar-refractivity contribution in [2.24, 2.45) is 0 Å². The van der Waals surface area contributed by atoms with Crippen LogP contribution < -0.4 is 9.47 Å². The number of hydrogen-bond acceptors (Lipinski definition) is 9. The van der Waals surface area contributed by atoms with Crippen LogP contribution in [0.15, 0.2) is 27.0 Å². The molecule has 130 valence electrons. The number of nitrogens with zero attached hydrogens (tertiary/aromatic N) is 4. The lowest BCUT2D eigenvalue weighted by molar-refractivity contribution is 0.0696. The second-order valence-electron chi connectivity index (χ2n) is 4.97. The first kappa shape index (κ1) is 16.4. The standard InChI is InChI=1S/C15H14N4O6/c1-8-16-18-13(24-8)6-22-11-4-3-10(15(20)21)5-12(11)23-7-14-19-17-9(2)25-14/h3-5H,6-7H2,1-2H3,(H,20,21). The monoisotopic (exact) mass is 346 g/mol. The van der Waals surface area contributed by atoms with Gasteiger partial charge in [0.25, 0.3) is 11.8 Å². The molecule has 0 aliphatic heterocycles. The molecule has 2 aromatic heterocycles. The van der Waals surface area contributed by atoms with E-state index in [1.54, 1.807) is 13.8 Å². The third-order valence-electron chi connectivity index (χ3n) is 3.03. The summed E-state index contributed by atoms with van der Waals surface area (Å²) in [5.41, 5.74) is 0.0534. The summed E-state index contributed by atoms with van der Waals surface area (Å²) < 4.78 is 21.6. The number of carboxylic acids is 1. The molecule has 0 amide bonds. The topological polar surface area (TPSA) is 134 Å². The molecule has 0 aliphatic carbocycles. The van der Waals surface area contributed by atoms with Crippen LogP contribution in [0.4, 0.5) is 0 Å². The highest BCUT2D eigenvalue weighted by Gasteiger charge is 2.14. The number of rotatable bonds is 7.